The minimum Gasteiger partial charge on any atom is -0.477 e. The maximum Gasteiger partial charge on any atom is 0.354 e. The first-order chi connectivity index (χ1) is 10.2. The van der Waals surface area contributed by atoms with E-state index in [9.17, 15) is 9.90 Å². The van der Waals surface area contributed by atoms with Gasteiger partial charge in [-0.2, -0.15) is 5.10 Å². The summed E-state index contributed by atoms with van der Waals surface area (Å²) in [4.78, 5) is 11.4. The fraction of sp³-hybridized carbons (Fsp3) is 0.294. The highest BCUT2D eigenvalue weighted by Gasteiger charge is 2.17. The van der Waals surface area contributed by atoms with Gasteiger partial charge in [0, 0.05) is 0 Å². The predicted molar refractivity (Wildman–Crippen MR) is 82.0 cm³/mol. The van der Waals surface area contributed by atoms with Gasteiger partial charge in [0.15, 0.2) is 0 Å². The summed E-state index contributed by atoms with van der Waals surface area (Å²) < 4.78 is 1.59. The largest absolute Gasteiger partial charge is 0.477 e. The first-order valence-corrected chi connectivity index (χ1v) is 7.28. The van der Waals surface area contributed by atoms with Crippen LogP contribution in [-0.4, -0.2) is 20.9 Å². The summed E-state index contributed by atoms with van der Waals surface area (Å²) in [6, 6.07) is 1.66. The number of aromatic nitrogens is 2. The normalized spacial score (nSPS) is 17.5. The zero-order valence-electron chi connectivity index (χ0n) is 11.8. The van der Waals surface area contributed by atoms with Crippen LogP contribution in [0.2, 0.25) is 0 Å². The van der Waals surface area contributed by atoms with Crippen LogP contribution in [0.15, 0.2) is 48.1 Å². The van der Waals surface area contributed by atoms with E-state index in [0.29, 0.717) is 6.54 Å². The summed E-state index contributed by atoms with van der Waals surface area (Å²) in [5.74, 6) is -0.936. The van der Waals surface area contributed by atoms with E-state index in [4.69, 9.17) is 0 Å². The molecule has 0 radical (unpaired) electrons. The first kappa shape index (κ1) is 13.6. The second-order valence-corrected chi connectivity index (χ2v) is 5.28. The Morgan fingerprint density at radius 3 is 2.52 bits per heavy atom. The van der Waals surface area contributed by atoms with Crippen molar-refractivity contribution in [2.45, 2.75) is 32.2 Å². The van der Waals surface area contributed by atoms with Crippen LogP contribution in [0, 0.1) is 0 Å². The number of carboxylic acids is 1. The average Bonchev–Trinajstić information content (AvgIpc) is 2.93. The Bertz CT molecular complexity index is 675. The SMILES string of the molecule is O=C(O)c1cc(C2=CCCC=C2)nn1CC1=CCCC=C1. The molecule has 1 heterocycles. The summed E-state index contributed by atoms with van der Waals surface area (Å²) in [7, 11) is 0. The molecule has 4 heteroatoms. The minimum absolute atomic E-state index is 0.241. The standard InChI is InChI=1S/C17H18N2O2/c20-17(21)16-11-15(14-9-5-2-6-10-14)18-19(16)12-13-7-3-1-4-8-13/h3,5,7-11H,1-2,4,6,12H2,(H,20,21). The van der Waals surface area contributed by atoms with Crippen molar-refractivity contribution in [3.63, 3.8) is 0 Å². The molecule has 1 N–H and O–H groups in total. The number of nitrogens with zero attached hydrogens (tertiary/aromatic N) is 2. The van der Waals surface area contributed by atoms with Crippen LogP contribution in [0.25, 0.3) is 5.57 Å². The van der Waals surface area contributed by atoms with Crippen LogP contribution in [0.3, 0.4) is 0 Å². The molecule has 4 nitrogen and oxygen atoms in total. The van der Waals surface area contributed by atoms with Gasteiger partial charge in [-0.25, -0.2) is 4.79 Å². The van der Waals surface area contributed by atoms with E-state index in [-0.39, 0.29) is 5.69 Å². The number of carbonyl (C=O) groups is 1. The molecule has 1 aromatic heterocycles. The van der Waals surface area contributed by atoms with Crippen LogP contribution in [0.5, 0.6) is 0 Å². The molecule has 0 atom stereocenters. The van der Waals surface area contributed by atoms with Crippen molar-refractivity contribution in [1.29, 1.82) is 0 Å². The summed E-state index contributed by atoms with van der Waals surface area (Å²) in [5, 5.41) is 13.9. The molecule has 2 aliphatic carbocycles. The quantitative estimate of drug-likeness (QED) is 0.918. The lowest BCUT2D eigenvalue weighted by Gasteiger charge is -2.09. The summed E-state index contributed by atoms with van der Waals surface area (Å²) in [5.41, 5.74) is 3.11. The topological polar surface area (TPSA) is 55.1 Å². The van der Waals surface area contributed by atoms with Crippen molar-refractivity contribution in [3.05, 3.63) is 59.5 Å². The number of carboxylic acid groups (broad SMARTS) is 1. The van der Waals surface area contributed by atoms with Gasteiger partial charge in [0.25, 0.3) is 0 Å². The third-order valence-corrected chi connectivity index (χ3v) is 3.69. The molecule has 1 aromatic rings. The van der Waals surface area contributed by atoms with Gasteiger partial charge < -0.3 is 5.11 Å². The molecule has 0 saturated carbocycles. The van der Waals surface area contributed by atoms with Crippen molar-refractivity contribution < 1.29 is 9.90 Å². The Labute approximate surface area is 123 Å². The lowest BCUT2D eigenvalue weighted by molar-refractivity contribution is 0.0684. The molecule has 0 spiro atoms. The van der Waals surface area contributed by atoms with Crippen molar-refractivity contribution in [2.24, 2.45) is 0 Å². The molecule has 0 aliphatic heterocycles. The van der Waals surface area contributed by atoms with Gasteiger partial charge in [-0.15, -0.1) is 0 Å². The van der Waals surface area contributed by atoms with Gasteiger partial charge >= 0.3 is 5.97 Å². The van der Waals surface area contributed by atoms with E-state index in [0.717, 1.165) is 42.5 Å². The van der Waals surface area contributed by atoms with Gasteiger partial charge in [-0.3, -0.25) is 4.68 Å². The minimum atomic E-state index is -0.936. The Kier molecular flexibility index (Phi) is 3.86. The highest BCUT2D eigenvalue weighted by atomic mass is 16.4. The zero-order chi connectivity index (χ0) is 14.7. The fourth-order valence-electron chi connectivity index (χ4n) is 2.61. The van der Waals surface area contributed by atoms with Gasteiger partial charge in [-0.1, -0.05) is 36.5 Å². The van der Waals surface area contributed by atoms with Crippen LogP contribution >= 0.6 is 0 Å². The van der Waals surface area contributed by atoms with Crippen molar-refractivity contribution in [2.75, 3.05) is 0 Å². The van der Waals surface area contributed by atoms with E-state index in [2.05, 4.69) is 35.5 Å². The Morgan fingerprint density at radius 1 is 1.14 bits per heavy atom. The molecule has 0 aromatic carbocycles. The molecule has 108 valence electrons. The number of allylic oxidation sites excluding steroid dienone is 8. The van der Waals surface area contributed by atoms with Gasteiger partial charge in [0.1, 0.15) is 5.69 Å². The molecular weight excluding hydrogens is 264 g/mol. The van der Waals surface area contributed by atoms with Crippen LogP contribution < -0.4 is 0 Å². The average molecular weight is 282 g/mol. The fourth-order valence-corrected chi connectivity index (χ4v) is 2.61. The number of rotatable bonds is 4. The molecule has 0 saturated heterocycles. The van der Waals surface area contributed by atoms with Crippen LogP contribution in [0.4, 0.5) is 0 Å². The van der Waals surface area contributed by atoms with Gasteiger partial charge in [0.2, 0.25) is 0 Å². The molecule has 21 heavy (non-hydrogen) atoms. The Balaban J connectivity index is 1.91. The van der Waals surface area contributed by atoms with E-state index in [1.165, 1.54) is 0 Å². The van der Waals surface area contributed by atoms with Gasteiger partial charge in [-0.05, 0) is 42.9 Å². The van der Waals surface area contributed by atoms with Gasteiger partial charge in [0.05, 0.1) is 12.2 Å². The zero-order valence-corrected chi connectivity index (χ0v) is 11.8. The lowest BCUT2D eigenvalue weighted by Crippen LogP contribution is -2.11. The van der Waals surface area contributed by atoms with Crippen LogP contribution in [0.1, 0.15) is 41.9 Å². The molecular formula is C17H18N2O2. The van der Waals surface area contributed by atoms with E-state index in [1.807, 2.05) is 6.08 Å². The van der Waals surface area contributed by atoms with E-state index in [1.54, 1.807) is 10.7 Å². The molecule has 3 rings (SSSR count). The first-order valence-electron chi connectivity index (χ1n) is 7.28. The maximum absolute atomic E-state index is 11.4. The second-order valence-electron chi connectivity index (χ2n) is 5.28. The van der Waals surface area contributed by atoms with E-state index >= 15 is 0 Å². The molecule has 2 aliphatic rings. The summed E-state index contributed by atoms with van der Waals surface area (Å²) >= 11 is 0. The van der Waals surface area contributed by atoms with Crippen molar-refractivity contribution in [3.8, 4) is 0 Å². The van der Waals surface area contributed by atoms with Crippen molar-refractivity contribution in [1.82, 2.24) is 9.78 Å². The number of hydrogen-bond acceptors (Lipinski definition) is 2. The Hall–Kier alpha value is -2.36. The van der Waals surface area contributed by atoms with Crippen molar-refractivity contribution >= 4 is 11.5 Å². The molecule has 0 amide bonds. The predicted octanol–water partition coefficient (Wildman–Crippen LogP) is 3.59. The maximum atomic E-state index is 11.4. The molecule has 0 fully saturated rings. The third kappa shape index (κ3) is 3.05. The summed E-state index contributed by atoms with van der Waals surface area (Å²) in [6.45, 7) is 0.509. The third-order valence-electron chi connectivity index (χ3n) is 3.69. The monoisotopic (exact) mass is 282 g/mol. The lowest BCUT2D eigenvalue weighted by atomic mass is 10.0. The summed E-state index contributed by atoms with van der Waals surface area (Å²) in [6.07, 6.45) is 16.6. The Morgan fingerprint density at radius 2 is 1.90 bits per heavy atom. The number of aromatic carboxylic acids is 1. The smallest absolute Gasteiger partial charge is 0.354 e. The molecule has 0 bridgehead atoms. The molecule has 0 unspecified atom stereocenters. The second kappa shape index (κ2) is 5.95. The van der Waals surface area contributed by atoms with Crippen LogP contribution in [-0.2, 0) is 6.54 Å². The number of hydrogen-bond donors (Lipinski definition) is 1. The van der Waals surface area contributed by atoms with E-state index < -0.39 is 5.97 Å². The highest BCUT2D eigenvalue weighted by Crippen LogP contribution is 2.22. The highest BCUT2D eigenvalue weighted by molar-refractivity contribution is 5.87.